The Morgan fingerprint density at radius 3 is 2.68 bits per heavy atom. The van der Waals surface area contributed by atoms with Crippen molar-refractivity contribution in [1.29, 1.82) is 0 Å². The highest BCUT2D eigenvalue weighted by atomic mass is 16.5. The number of nitrogens with one attached hydrogen (secondary N) is 1. The Hall–Kier alpha value is -1.85. The number of hydrogen-bond acceptors (Lipinski definition) is 4. The molecule has 0 aliphatic heterocycles. The van der Waals surface area contributed by atoms with Gasteiger partial charge in [-0.2, -0.15) is 0 Å². The molecule has 0 aliphatic rings. The molecular weight excluding hydrogens is 246 g/mol. The summed E-state index contributed by atoms with van der Waals surface area (Å²) < 4.78 is 4.85. The maximum Gasteiger partial charge on any atom is 0.245 e. The van der Waals surface area contributed by atoms with Crippen molar-refractivity contribution in [3.05, 3.63) is 11.8 Å². The van der Waals surface area contributed by atoms with Crippen molar-refractivity contribution in [2.75, 3.05) is 18.4 Å². The van der Waals surface area contributed by atoms with Crippen LogP contribution in [0.15, 0.2) is 10.6 Å². The van der Waals surface area contributed by atoms with Crippen LogP contribution in [0.4, 0.5) is 5.82 Å². The summed E-state index contributed by atoms with van der Waals surface area (Å²) in [6, 6.07) is 1.63. The molecule has 1 rings (SSSR count). The van der Waals surface area contributed by atoms with E-state index in [1.54, 1.807) is 13.0 Å². The number of carbonyl (C=O) groups is 2. The van der Waals surface area contributed by atoms with E-state index >= 15 is 0 Å². The van der Waals surface area contributed by atoms with Crippen LogP contribution in [0, 0.1) is 6.92 Å². The van der Waals surface area contributed by atoms with Gasteiger partial charge < -0.3 is 14.7 Å². The van der Waals surface area contributed by atoms with Crippen molar-refractivity contribution in [1.82, 2.24) is 10.1 Å². The lowest BCUT2D eigenvalue weighted by Gasteiger charge is -2.19. The molecule has 0 unspecified atom stereocenters. The Morgan fingerprint density at radius 1 is 1.42 bits per heavy atom. The Balaban J connectivity index is 2.44. The minimum Gasteiger partial charge on any atom is -0.360 e. The molecule has 0 aromatic carbocycles. The van der Waals surface area contributed by atoms with Crippen LogP contribution < -0.4 is 5.32 Å². The molecule has 0 radical (unpaired) electrons. The zero-order valence-corrected chi connectivity index (χ0v) is 11.7. The molecule has 1 aromatic rings. The Morgan fingerprint density at radius 2 is 2.16 bits per heavy atom. The van der Waals surface area contributed by atoms with Crippen LogP contribution in [0.1, 0.15) is 38.9 Å². The number of nitrogens with zero attached hydrogens (tertiary/aromatic N) is 2. The highest BCUT2D eigenvalue weighted by Crippen LogP contribution is 2.07. The molecule has 0 fully saturated rings. The first-order valence-corrected chi connectivity index (χ1v) is 6.51. The predicted octanol–water partition coefficient (Wildman–Crippen LogP) is 1.96. The lowest BCUT2D eigenvalue weighted by Crippen LogP contribution is -2.37. The van der Waals surface area contributed by atoms with Crippen LogP contribution in [0.2, 0.25) is 0 Å². The molecule has 1 heterocycles. The summed E-state index contributed by atoms with van der Waals surface area (Å²) in [7, 11) is 0. The summed E-state index contributed by atoms with van der Waals surface area (Å²) in [6.45, 7) is 5.96. The van der Waals surface area contributed by atoms with Crippen molar-refractivity contribution >= 4 is 17.6 Å². The van der Waals surface area contributed by atoms with Crippen LogP contribution in [0.25, 0.3) is 0 Å². The summed E-state index contributed by atoms with van der Waals surface area (Å²) in [5.41, 5.74) is 0. The second-order valence-electron chi connectivity index (χ2n) is 4.52. The number of hydrogen-bond donors (Lipinski definition) is 1. The number of aromatic nitrogens is 1. The van der Waals surface area contributed by atoms with E-state index in [1.165, 1.54) is 11.8 Å². The van der Waals surface area contributed by atoms with Crippen LogP contribution in [-0.4, -0.2) is 35.0 Å². The van der Waals surface area contributed by atoms with E-state index in [1.807, 2.05) is 0 Å². The molecule has 6 heteroatoms. The van der Waals surface area contributed by atoms with E-state index < -0.39 is 0 Å². The van der Waals surface area contributed by atoms with E-state index in [2.05, 4.69) is 17.4 Å². The van der Waals surface area contributed by atoms with Crippen LogP contribution in [0.5, 0.6) is 0 Å². The third-order valence-electron chi connectivity index (χ3n) is 2.71. The lowest BCUT2D eigenvalue weighted by atomic mass is 10.2. The molecular formula is C13H21N3O3. The maximum atomic E-state index is 11.8. The molecule has 2 amide bonds. The van der Waals surface area contributed by atoms with E-state index in [4.69, 9.17) is 4.52 Å². The number of amides is 2. The highest BCUT2D eigenvalue weighted by molar-refractivity contribution is 5.93. The van der Waals surface area contributed by atoms with Gasteiger partial charge in [0.15, 0.2) is 5.82 Å². The molecule has 0 atom stereocenters. The lowest BCUT2D eigenvalue weighted by molar-refractivity contribution is -0.132. The molecule has 106 valence electrons. The molecule has 0 aliphatic carbocycles. The first-order valence-electron chi connectivity index (χ1n) is 6.51. The van der Waals surface area contributed by atoms with Gasteiger partial charge in [0.2, 0.25) is 11.8 Å². The van der Waals surface area contributed by atoms with Crippen molar-refractivity contribution in [3.63, 3.8) is 0 Å². The highest BCUT2D eigenvalue weighted by Gasteiger charge is 2.14. The van der Waals surface area contributed by atoms with Gasteiger partial charge in [0.05, 0.1) is 6.54 Å². The van der Waals surface area contributed by atoms with Crippen LogP contribution in [-0.2, 0) is 9.59 Å². The van der Waals surface area contributed by atoms with Gasteiger partial charge in [-0.3, -0.25) is 9.59 Å². The summed E-state index contributed by atoms with van der Waals surface area (Å²) in [5, 5.41) is 6.27. The van der Waals surface area contributed by atoms with Gasteiger partial charge in [-0.15, -0.1) is 0 Å². The maximum absolute atomic E-state index is 11.8. The SMILES string of the molecule is CCCCCN(CC(=O)Nc1cc(C)on1)C(C)=O. The smallest absolute Gasteiger partial charge is 0.245 e. The molecule has 19 heavy (non-hydrogen) atoms. The minimum absolute atomic E-state index is 0.0466. The van der Waals surface area contributed by atoms with Gasteiger partial charge in [-0.1, -0.05) is 24.9 Å². The van der Waals surface area contributed by atoms with E-state index in [0.717, 1.165) is 19.3 Å². The van der Waals surface area contributed by atoms with E-state index in [-0.39, 0.29) is 18.4 Å². The second kappa shape index (κ2) is 7.56. The molecule has 0 saturated carbocycles. The van der Waals surface area contributed by atoms with Crippen LogP contribution >= 0.6 is 0 Å². The third-order valence-corrected chi connectivity index (χ3v) is 2.71. The van der Waals surface area contributed by atoms with Crippen molar-refractivity contribution in [2.45, 2.75) is 40.0 Å². The molecule has 1 aromatic heterocycles. The van der Waals surface area contributed by atoms with Gasteiger partial charge >= 0.3 is 0 Å². The molecule has 0 saturated heterocycles. The zero-order chi connectivity index (χ0) is 14.3. The molecule has 1 N–H and O–H groups in total. The van der Waals surface area contributed by atoms with Gasteiger partial charge in [0.1, 0.15) is 5.76 Å². The van der Waals surface area contributed by atoms with Gasteiger partial charge in [-0.25, -0.2) is 0 Å². The fourth-order valence-electron chi connectivity index (χ4n) is 1.68. The summed E-state index contributed by atoms with van der Waals surface area (Å²) in [4.78, 5) is 24.8. The predicted molar refractivity (Wildman–Crippen MR) is 71.6 cm³/mol. The number of anilines is 1. The third kappa shape index (κ3) is 5.54. The number of unbranched alkanes of at least 4 members (excludes halogenated alkanes) is 2. The van der Waals surface area contributed by atoms with Crippen molar-refractivity contribution in [2.24, 2.45) is 0 Å². The normalized spacial score (nSPS) is 10.3. The van der Waals surface area contributed by atoms with E-state index in [9.17, 15) is 9.59 Å². The number of carbonyl (C=O) groups excluding carboxylic acids is 2. The Kier molecular flexibility index (Phi) is 6.05. The Labute approximate surface area is 113 Å². The van der Waals surface area contributed by atoms with Gasteiger partial charge in [0, 0.05) is 19.5 Å². The second-order valence-corrected chi connectivity index (χ2v) is 4.52. The largest absolute Gasteiger partial charge is 0.360 e. The number of aryl methyl sites for hydroxylation is 1. The van der Waals surface area contributed by atoms with E-state index in [0.29, 0.717) is 18.1 Å². The topological polar surface area (TPSA) is 75.4 Å². The molecule has 6 nitrogen and oxygen atoms in total. The fourth-order valence-corrected chi connectivity index (χ4v) is 1.68. The zero-order valence-electron chi connectivity index (χ0n) is 11.7. The quantitative estimate of drug-likeness (QED) is 0.766. The molecule has 0 bridgehead atoms. The van der Waals surface area contributed by atoms with Gasteiger partial charge in [0.25, 0.3) is 0 Å². The number of rotatable bonds is 7. The summed E-state index contributed by atoms with van der Waals surface area (Å²) >= 11 is 0. The molecule has 0 spiro atoms. The van der Waals surface area contributed by atoms with Crippen LogP contribution in [0.3, 0.4) is 0 Å². The monoisotopic (exact) mass is 267 g/mol. The first kappa shape index (κ1) is 15.2. The van der Waals surface area contributed by atoms with Crippen molar-refractivity contribution in [3.8, 4) is 0 Å². The van der Waals surface area contributed by atoms with Gasteiger partial charge in [-0.05, 0) is 13.3 Å². The summed E-state index contributed by atoms with van der Waals surface area (Å²) in [5.74, 6) is 0.642. The minimum atomic E-state index is -0.264. The van der Waals surface area contributed by atoms with Crippen molar-refractivity contribution < 1.29 is 14.1 Å². The first-order chi connectivity index (χ1) is 9.02. The average Bonchev–Trinajstić information content (AvgIpc) is 2.73. The summed E-state index contributed by atoms with van der Waals surface area (Å²) in [6.07, 6.45) is 3.04. The fraction of sp³-hybridized carbons (Fsp3) is 0.615. The standard InChI is InChI=1S/C13H21N3O3/c1-4-5-6-7-16(11(3)17)9-13(18)14-12-8-10(2)19-15-12/h8H,4-7,9H2,1-3H3,(H,14,15,18). The average molecular weight is 267 g/mol. The Bertz CT molecular complexity index is 429.